The fraction of sp³-hybridized carbons (Fsp3) is 0.214. The Kier molecular flexibility index (Phi) is 2.45. The van der Waals surface area contributed by atoms with Crippen LogP contribution in [0.3, 0.4) is 0 Å². The second-order valence-electron chi connectivity index (χ2n) is 4.46. The molecule has 0 saturated heterocycles. The van der Waals surface area contributed by atoms with Crippen LogP contribution in [0.25, 0.3) is 16.9 Å². The second-order valence-corrected chi connectivity index (χ2v) is 4.46. The average Bonchev–Trinajstić information content (AvgIpc) is 2.90. The third-order valence-electron chi connectivity index (χ3n) is 3.06. The summed E-state index contributed by atoms with van der Waals surface area (Å²) in [6, 6.07) is 5.99. The molecule has 4 heteroatoms. The maximum absolute atomic E-state index is 5.64. The van der Waals surface area contributed by atoms with Crippen LogP contribution in [0.5, 0.6) is 0 Å². The molecule has 18 heavy (non-hydrogen) atoms. The molecule has 3 rings (SSSR count). The van der Waals surface area contributed by atoms with Crippen LogP contribution in [0.1, 0.15) is 17.1 Å². The van der Waals surface area contributed by atoms with Crippen molar-refractivity contribution in [3.8, 4) is 11.3 Å². The zero-order valence-electron chi connectivity index (χ0n) is 10.5. The molecule has 0 spiro atoms. The lowest BCUT2D eigenvalue weighted by molar-refractivity contribution is 0.505. The maximum Gasteiger partial charge on any atom is 0.137 e. The number of imidazole rings is 1. The van der Waals surface area contributed by atoms with Crippen molar-refractivity contribution in [3.63, 3.8) is 0 Å². The van der Waals surface area contributed by atoms with Crippen LogP contribution in [-0.2, 0) is 6.54 Å². The monoisotopic (exact) mass is 241 g/mol. The molecule has 0 aliphatic heterocycles. The van der Waals surface area contributed by atoms with Crippen molar-refractivity contribution in [1.82, 2.24) is 9.38 Å². The van der Waals surface area contributed by atoms with Gasteiger partial charge in [-0.15, -0.1) is 0 Å². The summed E-state index contributed by atoms with van der Waals surface area (Å²) < 4.78 is 7.54. The Balaban J connectivity index is 2.16. The van der Waals surface area contributed by atoms with E-state index in [1.165, 1.54) is 0 Å². The van der Waals surface area contributed by atoms with Crippen LogP contribution in [0.4, 0.5) is 0 Å². The largest absolute Gasteiger partial charge is 0.466 e. The third kappa shape index (κ3) is 1.71. The molecule has 4 nitrogen and oxygen atoms in total. The molecule has 0 atom stereocenters. The number of pyridine rings is 1. The van der Waals surface area contributed by atoms with Crippen LogP contribution in [0.2, 0.25) is 0 Å². The molecule has 0 saturated carbocycles. The molecule has 0 amide bonds. The molecule has 0 aliphatic rings. The van der Waals surface area contributed by atoms with Crippen molar-refractivity contribution >= 4 is 5.65 Å². The minimum Gasteiger partial charge on any atom is -0.466 e. The smallest absolute Gasteiger partial charge is 0.137 e. The van der Waals surface area contributed by atoms with Gasteiger partial charge in [0.1, 0.15) is 17.2 Å². The number of hydrogen-bond acceptors (Lipinski definition) is 3. The molecule has 0 radical (unpaired) electrons. The number of aromatic nitrogens is 2. The molecular weight excluding hydrogens is 226 g/mol. The maximum atomic E-state index is 5.64. The summed E-state index contributed by atoms with van der Waals surface area (Å²) in [4.78, 5) is 4.59. The zero-order chi connectivity index (χ0) is 12.7. The topological polar surface area (TPSA) is 56.5 Å². The van der Waals surface area contributed by atoms with E-state index in [0.29, 0.717) is 6.54 Å². The van der Waals surface area contributed by atoms with Gasteiger partial charge in [-0.1, -0.05) is 6.07 Å². The molecular formula is C14H15N3O. The molecule has 92 valence electrons. The molecule has 0 aromatic carbocycles. The van der Waals surface area contributed by atoms with Gasteiger partial charge in [-0.3, -0.25) is 0 Å². The van der Waals surface area contributed by atoms with Gasteiger partial charge < -0.3 is 14.6 Å². The second kappa shape index (κ2) is 3.99. The first-order chi connectivity index (χ1) is 8.67. The number of nitrogens with zero attached hydrogens (tertiary/aromatic N) is 2. The standard InChI is InChI=1S/C14H15N3O/c1-9-5-12(10(2)18-9)13-8-17-7-11(6-15)3-4-14(17)16-13/h3-5,7-8H,6,15H2,1-2H3. The van der Waals surface area contributed by atoms with Gasteiger partial charge in [0.15, 0.2) is 0 Å². The van der Waals surface area contributed by atoms with Gasteiger partial charge in [0.2, 0.25) is 0 Å². The fourth-order valence-corrected chi connectivity index (χ4v) is 2.17. The third-order valence-corrected chi connectivity index (χ3v) is 3.06. The Hall–Kier alpha value is -2.07. The van der Waals surface area contributed by atoms with Crippen molar-refractivity contribution in [1.29, 1.82) is 0 Å². The van der Waals surface area contributed by atoms with Crippen molar-refractivity contribution in [2.24, 2.45) is 5.73 Å². The predicted octanol–water partition coefficient (Wildman–Crippen LogP) is 2.67. The van der Waals surface area contributed by atoms with Crippen LogP contribution < -0.4 is 5.73 Å². The summed E-state index contributed by atoms with van der Waals surface area (Å²) in [7, 11) is 0. The summed E-state index contributed by atoms with van der Waals surface area (Å²) in [5, 5.41) is 0. The number of aryl methyl sites for hydroxylation is 2. The summed E-state index contributed by atoms with van der Waals surface area (Å²) in [6.45, 7) is 4.43. The normalized spacial score (nSPS) is 11.3. The van der Waals surface area contributed by atoms with E-state index in [-0.39, 0.29) is 0 Å². The van der Waals surface area contributed by atoms with E-state index < -0.39 is 0 Å². The minimum absolute atomic E-state index is 0.535. The molecule has 0 fully saturated rings. The quantitative estimate of drug-likeness (QED) is 0.750. The van der Waals surface area contributed by atoms with Gasteiger partial charge in [0, 0.05) is 24.5 Å². The lowest BCUT2D eigenvalue weighted by atomic mass is 10.2. The lowest BCUT2D eigenvalue weighted by Crippen LogP contribution is -1.97. The van der Waals surface area contributed by atoms with Crippen LogP contribution in [0, 0.1) is 13.8 Å². The number of nitrogens with two attached hydrogens (primary N) is 1. The molecule has 3 aromatic rings. The molecule has 3 aromatic heterocycles. The first-order valence-corrected chi connectivity index (χ1v) is 5.92. The Bertz CT molecular complexity index is 709. The van der Waals surface area contributed by atoms with Gasteiger partial charge in [-0.2, -0.15) is 0 Å². The molecule has 2 N–H and O–H groups in total. The van der Waals surface area contributed by atoms with E-state index in [2.05, 4.69) is 4.98 Å². The number of hydrogen-bond donors (Lipinski definition) is 1. The molecule has 3 heterocycles. The van der Waals surface area contributed by atoms with Crippen molar-refractivity contribution in [2.75, 3.05) is 0 Å². The van der Waals surface area contributed by atoms with E-state index >= 15 is 0 Å². The highest BCUT2D eigenvalue weighted by Crippen LogP contribution is 2.26. The van der Waals surface area contributed by atoms with E-state index in [4.69, 9.17) is 10.2 Å². The number of fused-ring (bicyclic) bond motifs is 1. The Morgan fingerprint density at radius 2 is 2.11 bits per heavy atom. The van der Waals surface area contributed by atoms with Crippen molar-refractivity contribution in [2.45, 2.75) is 20.4 Å². The number of rotatable bonds is 2. The summed E-state index contributed by atoms with van der Waals surface area (Å²) in [5.41, 5.74) is 9.62. The minimum atomic E-state index is 0.535. The summed E-state index contributed by atoms with van der Waals surface area (Å²) >= 11 is 0. The van der Waals surface area contributed by atoms with Crippen LogP contribution in [0.15, 0.2) is 35.0 Å². The van der Waals surface area contributed by atoms with Gasteiger partial charge in [-0.05, 0) is 31.5 Å². The first-order valence-electron chi connectivity index (χ1n) is 5.92. The molecule has 0 unspecified atom stereocenters. The highest BCUT2D eigenvalue weighted by Gasteiger charge is 2.11. The lowest BCUT2D eigenvalue weighted by Gasteiger charge is -1.96. The van der Waals surface area contributed by atoms with Crippen molar-refractivity contribution < 1.29 is 4.42 Å². The Labute approximate surface area is 105 Å². The van der Waals surface area contributed by atoms with E-state index in [1.807, 2.05) is 48.8 Å². The van der Waals surface area contributed by atoms with E-state index in [0.717, 1.165) is 34.0 Å². The van der Waals surface area contributed by atoms with Gasteiger partial charge in [-0.25, -0.2) is 4.98 Å². The predicted molar refractivity (Wildman–Crippen MR) is 70.3 cm³/mol. The zero-order valence-corrected chi connectivity index (χ0v) is 10.5. The average molecular weight is 241 g/mol. The number of furan rings is 1. The SMILES string of the molecule is Cc1cc(-c2cn3cc(CN)ccc3n2)c(C)o1. The van der Waals surface area contributed by atoms with Crippen LogP contribution in [-0.4, -0.2) is 9.38 Å². The Morgan fingerprint density at radius 3 is 2.78 bits per heavy atom. The van der Waals surface area contributed by atoms with Gasteiger partial charge >= 0.3 is 0 Å². The molecule has 0 aliphatic carbocycles. The highest BCUT2D eigenvalue weighted by atomic mass is 16.3. The van der Waals surface area contributed by atoms with Crippen molar-refractivity contribution in [3.05, 3.63) is 47.7 Å². The fourth-order valence-electron chi connectivity index (χ4n) is 2.17. The highest BCUT2D eigenvalue weighted by molar-refractivity contribution is 5.65. The summed E-state index contributed by atoms with van der Waals surface area (Å²) in [6.07, 6.45) is 4.01. The first kappa shape index (κ1) is 11.0. The Morgan fingerprint density at radius 1 is 1.28 bits per heavy atom. The summed E-state index contributed by atoms with van der Waals surface area (Å²) in [5.74, 6) is 1.80. The van der Waals surface area contributed by atoms with Gasteiger partial charge in [0.05, 0.1) is 5.69 Å². The van der Waals surface area contributed by atoms with Gasteiger partial charge in [0.25, 0.3) is 0 Å². The van der Waals surface area contributed by atoms with E-state index in [1.54, 1.807) is 0 Å². The van der Waals surface area contributed by atoms with E-state index in [9.17, 15) is 0 Å². The molecule has 0 bridgehead atoms. The van der Waals surface area contributed by atoms with Crippen LogP contribution >= 0.6 is 0 Å².